The Bertz CT molecular complexity index is 350. The van der Waals surface area contributed by atoms with Crippen LogP contribution in [0.4, 0.5) is 0 Å². The van der Waals surface area contributed by atoms with Crippen molar-refractivity contribution >= 4 is 23.7 Å². The standard InChI is InChI=1S/C8H8O7/c1-3(9)5-6(11)15-8(5,7(12)13)14-4(2)10/h5H,1-2H3,(H,12,13)/t5-,8-/m0/s1. The Morgan fingerprint density at radius 3 is 2.20 bits per heavy atom. The van der Waals surface area contributed by atoms with E-state index in [1.165, 1.54) is 0 Å². The molecule has 0 aromatic rings. The Balaban J connectivity index is 3.04. The summed E-state index contributed by atoms with van der Waals surface area (Å²) < 4.78 is 8.65. The van der Waals surface area contributed by atoms with E-state index in [1.807, 2.05) is 0 Å². The van der Waals surface area contributed by atoms with Crippen molar-refractivity contribution in [1.82, 2.24) is 0 Å². The highest BCUT2D eigenvalue weighted by Crippen LogP contribution is 2.37. The number of Topliss-reactive ketones (excluding diaryl/α,β-unsaturated/α-hetero) is 1. The molecule has 15 heavy (non-hydrogen) atoms. The van der Waals surface area contributed by atoms with Gasteiger partial charge in [0.25, 0.3) is 0 Å². The first kappa shape index (κ1) is 11.2. The lowest BCUT2D eigenvalue weighted by Crippen LogP contribution is -2.66. The molecule has 0 aliphatic carbocycles. The van der Waals surface area contributed by atoms with Crippen molar-refractivity contribution in [1.29, 1.82) is 0 Å². The van der Waals surface area contributed by atoms with Gasteiger partial charge in [-0.2, -0.15) is 0 Å². The highest BCUT2D eigenvalue weighted by molar-refractivity contribution is 6.09. The lowest BCUT2D eigenvalue weighted by Gasteiger charge is -2.40. The Kier molecular flexibility index (Phi) is 2.48. The van der Waals surface area contributed by atoms with Crippen molar-refractivity contribution in [2.75, 3.05) is 0 Å². The average molecular weight is 216 g/mol. The highest BCUT2D eigenvalue weighted by Gasteiger charge is 2.68. The van der Waals surface area contributed by atoms with Gasteiger partial charge in [0.1, 0.15) is 0 Å². The van der Waals surface area contributed by atoms with Crippen LogP contribution in [0.15, 0.2) is 0 Å². The summed E-state index contributed by atoms with van der Waals surface area (Å²) in [6.07, 6.45) is 0. The van der Waals surface area contributed by atoms with Gasteiger partial charge in [-0.05, 0) is 6.92 Å². The molecule has 1 rings (SSSR count). The number of ether oxygens (including phenoxy) is 2. The number of cyclic esters (lactones) is 1. The second kappa shape index (κ2) is 3.34. The van der Waals surface area contributed by atoms with Crippen molar-refractivity contribution in [2.45, 2.75) is 19.6 Å². The molecule has 1 saturated heterocycles. The summed E-state index contributed by atoms with van der Waals surface area (Å²) >= 11 is 0. The number of carboxylic acid groups (broad SMARTS) is 1. The summed E-state index contributed by atoms with van der Waals surface area (Å²) in [5, 5.41) is 8.76. The predicted octanol–water partition coefficient (Wildman–Crippen LogP) is -0.908. The minimum atomic E-state index is -2.48. The van der Waals surface area contributed by atoms with Gasteiger partial charge in [0.15, 0.2) is 5.78 Å². The van der Waals surface area contributed by atoms with Gasteiger partial charge in [-0.25, -0.2) is 4.79 Å². The smallest absolute Gasteiger partial charge is 0.392 e. The summed E-state index contributed by atoms with van der Waals surface area (Å²) in [5.41, 5.74) is 0. The van der Waals surface area contributed by atoms with Crippen LogP contribution in [0, 0.1) is 5.92 Å². The molecule has 0 spiro atoms. The van der Waals surface area contributed by atoms with Crippen molar-refractivity contribution in [3.63, 3.8) is 0 Å². The third-order valence-electron chi connectivity index (χ3n) is 1.87. The molecular weight excluding hydrogens is 208 g/mol. The van der Waals surface area contributed by atoms with E-state index < -0.39 is 35.4 Å². The van der Waals surface area contributed by atoms with Crippen LogP contribution in [0.3, 0.4) is 0 Å². The number of hydrogen-bond donors (Lipinski definition) is 1. The van der Waals surface area contributed by atoms with E-state index >= 15 is 0 Å². The zero-order valence-corrected chi connectivity index (χ0v) is 7.97. The fourth-order valence-corrected chi connectivity index (χ4v) is 1.30. The molecule has 0 saturated carbocycles. The zero-order chi connectivity index (χ0) is 11.8. The monoisotopic (exact) mass is 216 g/mol. The predicted molar refractivity (Wildman–Crippen MR) is 42.4 cm³/mol. The molecule has 1 fully saturated rings. The average Bonchev–Trinajstić information content (AvgIpc) is 1.98. The number of carbonyl (C=O) groups is 4. The molecule has 0 amide bonds. The number of carboxylic acids is 1. The fraction of sp³-hybridized carbons (Fsp3) is 0.500. The van der Waals surface area contributed by atoms with Gasteiger partial charge < -0.3 is 14.6 Å². The van der Waals surface area contributed by atoms with Crippen molar-refractivity contribution in [3.8, 4) is 0 Å². The van der Waals surface area contributed by atoms with E-state index in [2.05, 4.69) is 9.47 Å². The van der Waals surface area contributed by atoms with Gasteiger partial charge in [0.2, 0.25) is 5.92 Å². The number of carbonyl (C=O) groups excluding carboxylic acids is 3. The molecular formula is C8H8O7. The van der Waals surface area contributed by atoms with E-state index in [0.717, 1.165) is 13.8 Å². The van der Waals surface area contributed by atoms with Crippen LogP contribution < -0.4 is 0 Å². The van der Waals surface area contributed by atoms with E-state index in [1.54, 1.807) is 0 Å². The molecule has 0 unspecified atom stereocenters. The number of hydrogen-bond acceptors (Lipinski definition) is 6. The van der Waals surface area contributed by atoms with Crippen LogP contribution in [0.2, 0.25) is 0 Å². The molecule has 0 radical (unpaired) electrons. The lowest BCUT2D eigenvalue weighted by molar-refractivity contribution is -0.285. The van der Waals surface area contributed by atoms with Crippen LogP contribution in [0.25, 0.3) is 0 Å². The first-order chi connectivity index (χ1) is 6.81. The number of rotatable bonds is 3. The van der Waals surface area contributed by atoms with Crippen LogP contribution in [0.1, 0.15) is 13.8 Å². The third kappa shape index (κ3) is 1.56. The third-order valence-corrected chi connectivity index (χ3v) is 1.87. The molecule has 1 heterocycles. The van der Waals surface area contributed by atoms with Gasteiger partial charge in [-0.3, -0.25) is 14.4 Å². The lowest BCUT2D eigenvalue weighted by atomic mass is 9.89. The first-order valence-electron chi connectivity index (χ1n) is 3.97. The fourth-order valence-electron chi connectivity index (χ4n) is 1.30. The summed E-state index contributed by atoms with van der Waals surface area (Å²) in [6.45, 7) is 1.97. The minimum Gasteiger partial charge on any atom is -0.475 e. The van der Waals surface area contributed by atoms with Crippen molar-refractivity contribution in [3.05, 3.63) is 0 Å². The summed E-state index contributed by atoms with van der Waals surface area (Å²) in [6, 6.07) is 0. The second-order valence-corrected chi connectivity index (χ2v) is 3.03. The van der Waals surface area contributed by atoms with Crippen molar-refractivity contribution < 1.29 is 33.8 Å². The maximum absolute atomic E-state index is 11.0. The molecule has 0 aromatic heterocycles. The van der Waals surface area contributed by atoms with Gasteiger partial charge in [-0.15, -0.1) is 0 Å². The van der Waals surface area contributed by atoms with Gasteiger partial charge >= 0.3 is 23.7 Å². The van der Waals surface area contributed by atoms with Crippen LogP contribution >= 0.6 is 0 Å². The Morgan fingerprint density at radius 1 is 1.40 bits per heavy atom. The molecule has 0 aromatic carbocycles. The topological polar surface area (TPSA) is 107 Å². The molecule has 1 aliphatic rings. The highest BCUT2D eigenvalue weighted by atomic mass is 16.8. The van der Waals surface area contributed by atoms with Crippen LogP contribution in [-0.2, 0) is 28.7 Å². The van der Waals surface area contributed by atoms with E-state index in [9.17, 15) is 19.2 Å². The number of ketones is 1. The van der Waals surface area contributed by atoms with Gasteiger partial charge in [0, 0.05) is 6.92 Å². The largest absolute Gasteiger partial charge is 0.475 e. The molecule has 0 bridgehead atoms. The zero-order valence-electron chi connectivity index (χ0n) is 7.97. The summed E-state index contributed by atoms with van der Waals surface area (Å²) in [7, 11) is 0. The summed E-state index contributed by atoms with van der Waals surface area (Å²) in [5.74, 6) is -8.43. The minimum absolute atomic E-state index is 0.727. The number of esters is 2. The van der Waals surface area contributed by atoms with Crippen LogP contribution in [-0.4, -0.2) is 34.6 Å². The van der Waals surface area contributed by atoms with E-state index in [4.69, 9.17) is 5.11 Å². The molecule has 2 atom stereocenters. The Morgan fingerprint density at radius 2 is 1.93 bits per heavy atom. The molecule has 82 valence electrons. The maximum Gasteiger partial charge on any atom is 0.392 e. The Labute approximate surface area is 84.0 Å². The molecule has 7 nitrogen and oxygen atoms in total. The van der Waals surface area contributed by atoms with Crippen LogP contribution in [0.5, 0.6) is 0 Å². The molecule has 1 aliphatic heterocycles. The van der Waals surface area contributed by atoms with E-state index in [0.29, 0.717) is 0 Å². The maximum atomic E-state index is 11.0. The van der Waals surface area contributed by atoms with Crippen molar-refractivity contribution in [2.24, 2.45) is 5.92 Å². The molecule has 1 N–H and O–H groups in total. The van der Waals surface area contributed by atoms with E-state index in [-0.39, 0.29) is 0 Å². The quantitative estimate of drug-likeness (QED) is 0.480. The number of aliphatic carboxylic acids is 1. The van der Waals surface area contributed by atoms with Gasteiger partial charge in [0.05, 0.1) is 0 Å². The molecule has 7 heteroatoms. The second-order valence-electron chi connectivity index (χ2n) is 3.03. The Hall–Kier alpha value is -1.92. The van der Waals surface area contributed by atoms with Gasteiger partial charge in [-0.1, -0.05) is 0 Å². The normalized spacial score (nSPS) is 28.7. The summed E-state index contributed by atoms with van der Waals surface area (Å²) in [4.78, 5) is 43.3. The SMILES string of the molecule is CC(=O)O[C@]1(C(=O)O)OC(=O)[C@@H]1C(C)=O. The first-order valence-corrected chi connectivity index (χ1v) is 3.97.